The van der Waals surface area contributed by atoms with E-state index >= 15 is 0 Å². The molecule has 0 aromatic heterocycles. The summed E-state index contributed by atoms with van der Waals surface area (Å²) in [5.74, 6) is -0.119. The molecule has 0 aromatic rings. The molecule has 0 aliphatic carbocycles. The predicted octanol–water partition coefficient (Wildman–Crippen LogP) is 0.563. The van der Waals surface area contributed by atoms with E-state index in [2.05, 4.69) is 0 Å². The van der Waals surface area contributed by atoms with Crippen molar-refractivity contribution in [1.82, 2.24) is 9.21 Å². The highest BCUT2D eigenvalue weighted by Gasteiger charge is 2.39. The number of sulfonamides is 1. The molecule has 7 heteroatoms. The van der Waals surface area contributed by atoms with E-state index in [0.717, 1.165) is 0 Å². The van der Waals surface area contributed by atoms with Crippen molar-refractivity contribution in [2.45, 2.75) is 38.6 Å². The summed E-state index contributed by atoms with van der Waals surface area (Å²) < 4.78 is 25.5. The van der Waals surface area contributed by atoms with Gasteiger partial charge in [0.15, 0.2) is 0 Å². The Labute approximate surface area is 115 Å². The molecule has 1 aliphatic heterocycles. The highest BCUT2D eigenvalue weighted by molar-refractivity contribution is 7.89. The lowest BCUT2D eigenvalue weighted by Crippen LogP contribution is -2.47. The summed E-state index contributed by atoms with van der Waals surface area (Å²) in [6.07, 6.45) is 2.09. The van der Waals surface area contributed by atoms with Crippen molar-refractivity contribution in [1.29, 1.82) is 5.26 Å². The highest BCUT2D eigenvalue weighted by Crippen LogP contribution is 2.23. The van der Waals surface area contributed by atoms with Gasteiger partial charge >= 0.3 is 0 Å². The van der Waals surface area contributed by atoms with Crippen LogP contribution in [0.1, 0.15) is 32.6 Å². The van der Waals surface area contributed by atoms with Crippen LogP contribution in [0.2, 0.25) is 0 Å². The molecule has 0 radical (unpaired) electrons. The van der Waals surface area contributed by atoms with Gasteiger partial charge in [0.05, 0.1) is 18.2 Å². The number of amides is 1. The number of carbonyl (C=O) groups is 1. The Morgan fingerprint density at radius 2 is 2.21 bits per heavy atom. The largest absolute Gasteiger partial charge is 0.343 e. The zero-order chi connectivity index (χ0) is 14.5. The molecule has 1 unspecified atom stereocenters. The summed E-state index contributed by atoms with van der Waals surface area (Å²) >= 11 is 0. The van der Waals surface area contributed by atoms with Gasteiger partial charge in [0.2, 0.25) is 15.9 Å². The molecule has 0 aromatic carbocycles. The maximum atomic E-state index is 12.2. The number of rotatable bonds is 6. The van der Waals surface area contributed by atoms with Crippen molar-refractivity contribution < 1.29 is 13.2 Å². The third-order valence-electron chi connectivity index (χ3n) is 3.24. The Kier molecular flexibility index (Phi) is 5.76. The minimum atomic E-state index is -3.34. The minimum Gasteiger partial charge on any atom is -0.343 e. The predicted molar refractivity (Wildman–Crippen MR) is 71.7 cm³/mol. The summed E-state index contributed by atoms with van der Waals surface area (Å²) in [6, 6.07) is 1.40. The van der Waals surface area contributed by atoms with Crippen molar-refractivity contribution in [3.8, 4) is 6.07 Å². The lowest BCUT2D eigenvalue weighted by atomic mass is 10.2. The van der Waals surface area contributed by atoms with Crippen LogP contribution in [-0.4, -0.2) is 55.5 Å². The first kappa shape index (κ1) is 15.9. The van der Waals surface area contributed by atoms with Gasteiger partial charge in [0.25, 0.3) is 0 Å². The Balaban J connectivity index is 2.76. The molecule has 0 saturated carbocycles. The van der Waals surface area contributed by atoms with Gasteiger partial charge < -0.3 is 4.90 Å². The van der Waals surface area contributed by atoms with Crippen molar-refractivity contribution >= 4 is 15.9 Å². The van der Waals surface area contributed by atoms with Crippen LogP contribution in [0.25, 0.3) is 0 Å². The van der Waals surface area contributed by atoms with Crippen LogP contribution in [0.4, 0.5) is 0 Å². The number of nitrogens with zero attached hydrogens (tertiary/aromatic N) is 3. The summed E-state index contributed by atoms with van der Waals surface area (Å²) in [7, 11) is -1.72. The second-order valence-electron chi connectivity index (χ2n) is 4.75. The fourth-order valence-corrected chi connectivity index (χ4v) is 4.02. The van der Waals surface area contributed by atoms with Gasteiger partial charge in [-0.3, -0.25) is 4.79 Å². The first-order valence-corrected chi connectivity index (χ1v) is 8.16. The van der Waals surface area contributed by atoms with E-state index in [1.54, 1.807) is 7.05 Å². The number of likely N-dealkylation sites (N-methyl/N-ethyl adjacent to an activating group) is 1. The third-order valence-corrected chi connectivity index (χ3v) is 5.32. The number of hydrogen-bond acceptors (Lipinski definition) is 4. The van der Waals surface area contributed by atoms with Gasteiger partial charge in [-0.1, -0.05) is 6.92 Å². The van der Waals surface area contributed by atoms with Crippen LogP contribution in [0.3, 0.4) is 0 Å². The Bertz CT molecular complexity index is 455. The molecular formula is C12H21N3O3S. The number of hydrogen-bond donors (Lipinski definition) is 0. The van der Waals surface area contributed by atoms with Crippen LogP contribution in [0, 0.1) is 11.3 Å². The van der Waals surface area contributed by atoms with Crippen LogP contribution < -0.4 is 0 Å². The van der Waals surface area contributed by atoms with Crippen molar-refractivity contribution in [2.24, 2.45) is 0 Å². The lowest BCUT2D eigenvalue weighted by Gasteiger charge is -2.27. The van der Waals surface area contributed by atoms with Crippen LogP contribution in [-0.2, 0) is 14.8 Å². The smallest absolute Gasteiger partial charge is 0.240 e. The molecule has 1 amide bonds. The summed E-state index contributed by atoms with van der Waals surface area (Å²) in [5, 5.41) is 8.52. The molecular weight excluding hydrogens is 266 g/mol. The summed E-state index contributed by atoms with van der Waals surface area (Å²) in [5.41, 5.74) is 0. The molecule has 0 bridgehead atoms. The fourth-order valence-electron chi connectivity index (χ4n) is 2.28. The average molecular weight is 287 g/mol. The van der Waals surface area contributed by atoms with E-state index in [-0.39, 0.29) is 18.1 Å². The van der Waals surface area contributed by atoms with E-state index < -0.39 is 16.1 Å². The average Bonchev–Trinajstić information content (AvgIpc) is 2.84. The molecule has 1 rings (SSSR count). The molecule has 1 heterocycles. The Morgan fingerprint density at radius 1 is 1.53 bits per heavy atom. The number of nitriles is 1. The van der Waals surface area contributed by atoms with Gasteiger partial charge in [-0.15, -0.1) is 0 Å². The molecule has 1 saturated heterocycles. The zero-order valence-corrected chi connectivity index (χ0v) is 12.3. The highest BCUT2D eigenvalue weighted by atomic mass is 32.2. The summed E-state index contributed by atoms with van der Waals surface area (Å²) in [4.78, 5) is 13.7. The fraction of sp³-hybridized carbons (Fsp3) is 0.833. The molecule has 0 spiro atoms. The van der Waals surface area contributed by atoms with E-state index in [0.29, 0.717) is 32.4 Å². The SMILES string of the molecule is CCCS(=O)(=O)N1CCCC1C(=O)N(C)CCC#N. The normalized spacial score (nSPS) is 20.2. The van der Waals surface area contributed by atoms with Gasteiger partial charge in [-0.25, -0.2) is 8.42 Å². The topological polar surface area (TPSA) is 81.5 Å². The standard InChI is InChI=1S/C12H21N3O3S/c1-3-10-19(17,18)15-9-4-6-11(15)12(16)14(2)8-5-7-13/h11H,3-6,8-10H2,1-2H3. The van der Waals surface area contributed by atoms with Gasteiger partial charge in [0.1, 0.15) is 6.04 Å². The molecule has 6 nitrogen and oxygen atoms in total. The van der Waals surface area contributed by atoms with E-state index in [9.17, 15) is 13.2 Å². The quantitative estimate of drug-likeness (QED) is 0.715. The number of carbonyl (C=O) groups excluding carboxylic acids is 1. The van der Waals surface area contributed by atoms with Gasteiger partial charge in [-0.2, -0.15) is 9.57 Å². The maximum Gasteiger partial charge on any atom is 0.240 e. The van der Waals surface area contributed by atoms with E-state index in [1.807, 2.05) is 13.0 Å². The molecule has 1 fully saturated rings. The zero-order valence-electron chi connectivity index (χ0n) is 11.5. The van der Waals surface area contributed by atoms with Crippen molar-refractivity contribution in [3.63, 3.8) is 0 Å². The van der Waals surface area contributed by atoms with Gasteiger partial charge in [0, 0.05) is 20.1 Å². The molecule has 1 aliphatic rings. The first-order valence-electron chi connectivity index (χ1n) is 6.55. The van der Waals surface area contributed by atoms with Crippen molar-refractivity contribution in [2.75, 3.05) is 25.9 Å². The lowest BCUT2D eigenvalue weighted by molar-refractivity contribution is -0.133. The van der Waals surface area contributed by atoms with Crippen LogP contribution in [0.5, 0.6) is 0 Å². The maximum absolute atomic E-state index is 12.2. The minimum absolute atomic E-state index is 0.0820. The van der Waals surface area contributed by atoms with Crippen LogP contribution >= 0.6 is 0 Å². The first-order chi connectivity index (χ1) is 8.94. The van der Waals surface area contributed by atoms with E-state index in [4.69, 9.17) is 5.26 Å². The Morgan fingerprint density at radius 3 is 2.79 bits per heavy atom. The van der Waals surface area contributed by atoms with Crippen molar-refractivity contribution in [3.05, 3.63) is 0 Å². The second-order valence-corrected chi connectivity index (χ2v) is 6.79. The Hall–Kier alpha value is -1.13. The monoisotopic (exact) mass is 287 g/mol. The third kappa shape index (κ3) is 3.91. The molecule has 19 heavy (non-hydrogen) atoms. The summed E-state index contributed by atoms with van der Waals surface area (Å²) in [6.45, 7) is 2.57. The molecule has 108 valence electrons. The van der Waals surface area contributed by atoms with E-state index in [1.165, 1.54) is 9.21 Å². The second kappa shape index (κ2) is 6.87. The van der Waals surface area contributed by atoms with Crippen LogP contribution in [0.15, 0.2) is 0 Å². The van der Waals surface area contributed by atoms with Gasteiger partial charge in [-0.05, 0) is 19.3 Å². The molecule has 0 N–H and O–H groups in total. The molecule has 1 atom stereocenters.